The Bertz CT molecular complexity index is 563. The number of methoxy groups -OCH3 is 1. The molecule has 0 radical (unpaired) electrons. The predicted molar refractivity (Wildman–Crippen MR) is 84.8 cm³/mol. The molecule has 2 aromatic rings. The van der Waals surface area contributed by atoms with Gasteiger partial charge in [0, 0.05) is 19.6 Å². The minimum atomic E-state index is 0.465. The Balaban J connectivity index is 2.03. The van der Waals surface area contributed by atoms with Crippen LogP contribution in [-0.2, 0) is 4.74 Å². The van der Waals surface area contributed by atoms with Gasteiger partial charge in [0.1, 0.15) is 0 Å². The van der Waals surface area contributed by atoms with Crippen molar-refractivity contribution in [2.24, 2.45) is 0 Å². The van der Waals surface area contributed by atoms with Crippen LogP contribution in [0, 0.1) is 0 Å². The van der Waals surface area contributed by atoms with Crippen molar-refractivity contribution in [3.63, 3.8) is 0 Å². The van der Waals surface area contributed by atoms with Crippen LogP contribution >= 0.6 is 0 Å². The molecule has 1 heteroatoms. The van der Waals surface area contributed by atoms with Gasteiger partial charge in [-0.15, -0.1) is 0 Å². The molecule has 0 heterocycles. The van der Waals surface area contributed by atoms with E-state index in [0.717, 1.165) is 19.4 Å². The summed E-state index contributed by atoms with van der Waals surface area (Å²) in [7, 11) is 1.77. The summed E-state index contributed by atoms with van der Waals surface area (Å²) in [6.45, 7) is 0.828. The molecule has 102 valence electrons. The molecule has 0 saturated carbocycles. The first-order valence-corrected chi connectivity index (χ1v) is 7.25. The second-order valence-corrected chi connectivity index (χ2v) is 5.28. The largest absolute Gasteiger partial charge is 0.385 e. The van der Waals surface area contributed by atoms with Gasteiger partial charge in [0.05, 0.1) is 0 Å². The van der Waals surface area contributed by atoms with Gasteiger partial charge in [0.15, 0.2) is 0 Å². The first-order chi connectivity index (χ1) is 9.90. The fraction of sp³-hybridized carbons (Fsp3) is 0.263. The SMILES string of the molecule is COCCCC1c2ccccc2C=Cc2ccccc21. The second-order valence-electron chi connectivity index (χ2n) is 5.28. The molecule has 0 unspecified atom stereocenters. The molecule has 0 bridgehead atoms. The molecule has 1 aliphatic carbocycles. The van der Waals surface area contributed by atoms with E-state index in [1.165, 1.54) is 22.3 Å². The van der Waals surface area contributed by atoms with Crippen molar-refractivity contribution in [3.8, 4) is 0 Å². The highest BCUT2D eigenvalue weighted by atomic mass is 16.5. The summed E-state index contributed by atoms with van der Waals surface area (Å²) in [5, 5.41) is 0. The number of benzene rings is 2. The number of hydrogen-bond donors (Lipinski definition) is 0. The summed E-state index contributed by atoms with van der Waals surface area (Å²) < 4.78 is 5.22. The van der Waals surface area contributed by atoms with Crippen LogP contribution in [0.2, 0.25) is 0 Å². The summed E-state index contributed by atoms with van der Waals surface area (Å²) in [6, 6.07) is 17.5. The van der Waals surface area contributed by atoms with Crippen LogP contribution in [-0.4, -0.2) is 13.7 Å². The zero-order chi connectivity index (χ0) is 13.8. The number of rotatable bonds is 4. The molecule has 0 fully saturated rings. The normalized spacial score (nSPS) is 13.7. The maximum atomic E-state index is 5.22. The molecule has 0 saturated heterocycles. The fourth-order valence-corrected chi connectivity index (χ4v) is 3.05. The van der Waals surface area contributed by atoms with Crippen LogP contribution in [0.5, 0.6) is 0 Å². The van der Waals surface area contributed by atoms with Crippen LogP contribution < -0.4 is 0 Å². The van der Waals surface area contributed by atoms with Crippen molar-refractivity contribution in [3.05, 3.63) is 70.8 Å². The van der Waals surface area contributed by atoms with Crippen LogP contribution in [0.1, 0.15) is 41.0 Å². The van der Waals surface area contributed by atoms with Crippen LogP contribution in [0.4, 0.5) is 0 Å². The lowest BCUT2D eigenvalue weighted by Crippen LogP contribution is -2.05. The van der Waals surface area contributed by atoms with E-state index in [2.05, 4.69) is 60.7 Å². The number of ether oxygens (including phenoxy) is 1. The maximum absolute atomic E-state index is 5.22. The molecule has 2 aromatic carbocycles. The Morgan fingerprint density at radius 3 is 1.95 bits per heavy atom. The van der Waals surface area contributed by atoms with Gasteiger partial charge in [-0.25, -0.2) is 0 Å². The highest BCUT2D eigenvalue weighted by molar-refractivity contribution is 5.76. The van der Waals surface area contributed by atoms with Gasteiger partial charge in [0.25, 0.3) is 0 Å². The predicted octanol–water partition coefficient (Wildman–Crippen LogP) is 4.73. The lowest BCUT2D eigenvalue weighted by Gasteiger charge is -2.20. The van der Waals surface area contributed by atoms with Crippen LogP contribution in [0.15, 0.2) is 48.5 Å². The van der Waals surface area contributed by atoms with Gasteiger partial charge in [-0.3, -0.25) is 0 Å². The van der Waals surface area contributed by atoms with E-state index in [-0.39, 0.29) is 0 Å². The lowest BCUT2D eigenvalue weighted by molar-refractivity contribution is 0.191. The molecule has 0 aliphatic heterocycles. The molecule has 3 rings (SSSR count). The molecule has 1 nitrogen and oxygen atoms in total. The monoisotopic (exact) mass is 264 g/mol. The van der Waals surface area contributed by atoms with Gasteiger partial charge in [0.2, 0.25) is 0 Å². The van der Waals surface area contributed by atoms with Gasteiger partial charge in [-0.05, 0) is 35.1 Å². The zero-order valence-corrected chi connectivity index (χ0v) is 11.9. The van der Waals surface area contributed by atoms with Crippen LogP contribution in [0.25, 0.3) is 12.2 Å². The van der Waals surface area contributed by atoms with E-state index in [4.69, 9.17) is 4.74 Å². The van der Waals surface area contributed by atoms with E-state index < -0.39 is 0 Å². The summed E-state index contributed by atoms with van der Waals surface area (Å²) in [5.41, 5.74) is 5.55. The Morgan fingerprint density at radius 2 is 1.40 bits per heavy atom. The van der Waals surface area contributed by atoms with Crippen molar-refractivity contribution < 1.29 is 4.74 Å². The zero-order valence-electron chi connectivity index (χ0n) is 11.9. The van der Waals surface area contributed by atoms with Crippen molar-refractivity contribution in [1.82, 2.24) is 0 Å². The van der Waals surface area contributed by atoms with E-state index in [9.17, 15) is 0 Å². The van der Waals surface area contributed by atoms with Gasteiger partial charge < -0.3 is 4.74 Å². The third-order valence-corrected chi connectivity index (χ3v) is 4.03. The summed E-state index contributed by atoms with van der Waals surface area (Å²) >= 11 is 0. The van der Waals surface area contributed by atoms with Crippen molar-refractivity contribution in [1.29, 1.82) is 0 Å². The quantitative estimate of drug-likeness (QED) is 0.725. The van der Waals surface area contributed by atoms with Gasteiger partial charge in [-0.2, -0.15) is 0 Å². The molecular weight excluding hydrogens is 244 g/mol. The molecule has 0 spiro atoms. The number of fused-ring (bicyclic) bond motifs is 2. The third-order valence-electron chi connectivity index (χ3n) is 4.03. The minimum Gasteiger partial charge on any atom is -0.385 e. The van der Waals surface area contributed by atoms with Crippen molar-refractivity contribution in [2.75, 3.05) is 13.7 Å². The first kappa shape index (κ1) is 13.1. The third kappa shape index (κ3) is 2.54. The molecule has 0 N–H and O–H groups in total. The maximum Gasteiger partial charge on any atom is 0.0462 e. The average Bonchev–Trinajstić information content (AvgIpc) is 2.66. The Labute approximate surface area is 120 Å². The first-order valence-electron chi connectivity index (χ1n) is 7.25. The van der Waals surface area contributed by atoms with E-state index in [1.807, 2.05) is 0 Å². The summed E-state index contributed by atoms with van der Waals surface area (Å²) in [5.74, 6) is 0.465. The molecule has 20 heavy (non-hydrogen) atoms. The van der Waals surface area contributed by atoms with E-state index in [1.54, 1.807) is 7.11 Å². The Morgan fingerprint density at radius 1 is 0.850 bits per heavy atom. The lowest BCUT2D eigenvalue weighted by atomic mass is 9.84. The Hall–Kier alpha value is -1.86. The second kappa shape index (κ2) is 6.06. The summed E-state index contributed by atoms with van der Waals surface area (Å²) in [6.07, 6.45) is 6.70. The highest BCUT2D eigenvalue weighted by Crippen LogP contribution is 2.37. The van der Waals surface area contributed by atoms with Crippen molar-refractivity contribution in [2.45, 2.75) is 18.8 Å². The van der Waals surface area contributed by atoms with E-state index in [0.29, 0.717) is 5.92 Å². The Kier molecular flexibility index (Phi) is 3.98. The average molecular weight is 264 g/mol. The van der Waals surface area contributed by atoms with Gasteiger partial charge >= 0.3 is 0 Å². The highest BCUT2D eigenvalue weighted by Gasteiger charge is 2.20. The molecule has 0 amide bonds. The van der Waals surface area contributed by atoms with E-state index >= 15 is 0 Å². The topological polar surface area (TPSA) is 9.23 Å². The van der Waals surface area contributed by atoms with Crippen LogP contribution in [0.3, 0.4) is 0 Å². The molecule has 1 aliphatic rings. The molecule has 0 aromatic heterocycles. The summed E-state index contributed by atoms with van der Waals surface area (Å²) in [4.78, 5) is 0. The van der Waals surface area contributed by atoms with Gasteiger partial charge in [-0.1, -0.05) is 60.7 Å². The molecule has 0 atom stereocenters. The molecular formula is C19H20O. The fourth-order valence-electron chi connectivity index (χ4n) is 3.05. The standard InChI is InChI=1S/C19H20O/c1-20-14-6-11-19-17-9-4-2-7-15(17)12-13-16-8-3-5-10-18(16)19/h2-5,7-10,12-13,19H,6,11,14H2,1H3. The number of hydrogen-bond acceptors (Lipinski definition) is 1. The van der Waals surface area contributed by atoms with Crippen molar-refractivity contribution >= 4 is 12.2 Å². The minimum absolute atomic E-state index is 0.465. The smallest absolute Gasteiger partial charge is 0.0462 e.